The number of hydrogen-bond acceptors (Lipinski definition) is 3. The standard InChI is InChI=1S/C26H30F2N2O3/c1-5-17-7-6-8-19(11-17)25(9-10-25)29-16-22(31)26(24(2,3)4,30-23(32)33)15-18-12-20(27)14-21(28)13-18/h1,6-8,11-14,22,29-31H,9-10,15-16H2,2-4H3,(H,32,33)/t22-,26+/m0/s1. The minimum Gasteiger partial charge on any atom is -0.465 e. The van der Waals surface area contributed by atoms with Crippen LogP contribution in [0, 0.1) is 29.4 Å². The van der Waals surface area contributed by atoms with E-state index in [-0.39, 0.29) is 24.1 Å². The third-order valence-electron chi connectivity index (χ3n) is 6.61. The molecule has 1 aliphatic carbocycles. The molecule has 176 valence electrons. The maximum absolute atomic E-state index is 13.9. The molecule has 1 aliphatic rings. The number of nitrogens with one attached hydrogen (secondary N) is 2. The number of carboxylic acid groups (broad SMARTS) is 1. The maximum atomic E-state index is 13.9. The number of hydrogen-bond donors (Lipinski definition) is 4. The van der Waals surface area contributed by atoms with Crippen molar-refractivity contribution in [2.75, 3.05) is 6.54 Å². The van der Waals surface area contributed by atoms with Crippen LogP contribution in [-0.2, 0) is 12.0 Å². The van der Waals surface area contributed by atoms with Gasteiger partial charge in [0.05, 0.1) is 11.6 Å². The second-order valence-electron chi connectivity index (χ2n) is 9.81. The smallest absolute Gasteiger partial charge is 0.405 e. The number of amides is 1. The average molecular weight is 457 g/mol. The first kappa shape index (κ1) is 24.7. The van der Waals surface area contributed by atoms with E-state index in [2.05, 4.69) is 16.6 Å². The number of halogens is 2. The summed E-state index contributed by atoms with van der Waals surface area (Å²) in [6.45, 7) is 5.41. The summed E-state index contributed by atoms with van der Waals surface area (Å²) in [5.74, 6) is 1.09. The maximum Gasteiger partial charge on any atom is 0.405 e. The SMILES string of the molecule is C#Cc1cccc(C2(NC[C@H](O)[C@@](Cc3cc(F)cc(F)c3)(NC(=O)O)C(C)(C)C)CC2)c1. The Morgan fingerprint density at radius 1 is 1.18 bits per heavy atom. The summed E-state index contributed by atoms with van der Waals surface area (Å²) in [6, 6.07) is 10.7. The van der Waals surface area contributed by atoms with Crippen molar-refractivity contribution in [2.45, 2.75) is 57.2 Å². The van der Waals surface area contributed by atoms with Gasteiger partial charge in [-0.1, -0.05) is 38.8 Å². The lowest BCUT2D eigenvalue weighted by Gasteiger charge is -2.48. The minimum atomic E-state index is -1.43. The molecule has 1 amide bonds. The van der Waals surface area contributed by atoms with Crippen molar-refractivity contribution >= 4 is 6.09 Å². The van der Waals surface area contributed by atoms with Crippen molar-refractivity contribution in [3.05, 3.63) is 70.8 Å². The van der Waals surface area contributed by atoms with Crippen LogP contribution in [0.15, 0.2) is 42.5 Å². The Kier molecular flexibility index (Phi) is 6.83. The molecule has 5 nitrogen and oxygen atoms in total. The number of terminal acetylenes is 1. The first-order chi connectivity index (χ1) is 15.4. The number of carbonyl (C=O) groups is 1. The van der Waals surface area contributed by atoms with E-state index in [1.807, 2.05) is 24.3 Å². The van der Waals surface area contributed by atoms with Gasteiger partial charge in [-0.25, -0.2) is 13.6 Å². The highest BCUT2D eigenvalue weighted by atomic mass is 19.1. The lowest BCUT2D eigenvalue weighted by Crippen LogP contribution is -2.67. The fourth-order valence-electron chi connectivity index (χ4n) is 4.49. The van der Waals surface area contributed by atoms with Gasteiger partial charge in [0, 0.05) is 23.7 Å². The molecule has 4 N–H and O–H groups in total. The second kappa shape index (κ2) is 9.12. The molecule has 0 unspecified atom stereocenters. The molecule has 33 heavy (non-hydrogen) atoms. The van der Waals surface area contributed by atoms with Crippen molar-refractivity contribution < 1.29 is 23.8 Å². The Hall–Kier alpha value is -2.95. The predicted octanol–water partition coefficient (Wildman–Crippen LogP) is 4.18. The van der Waals surface area contributed by atoms with Crippen LogP contribution < -0.4 is 10.6 Å². The summed E-state index contributed by atoms with van der Waals surface area (Å²) in [4.78, 5) is 11.8. The Morgan fingerprint density at radius 2 is 1.82 bits per heavy atom. The van der Waals surface area contributed by atoms with E-state index in [1.54, 1.807) is 20.8 Å². The number of aliphatic hydroxyl groups is 1. The van der Waals surface area contributed by atoms with Crippen LogP contribution in [0.4, 0.5) is 13.6 Å². The van der Waals surface area contributed by atoms with Crippen molar-refractivity contribution in [3.63, 3.8) is 0 Å². The van der Waals surface area contributed by atoms with Gasteiger partial charge >= 0.3 is 6.09 Å². The van der Waals surface area contributed by atoms with Gasteiger partial charge in [0.25, 0.3) is 0 Å². The topological polar surface area (TPSA) is 81.6 Å². The van der Waals surface area contributed by atoms with Gasteiger partial charge in [-0.2, -0.15) is 0 Å². The largest absolute Gasteiger partial charge is 0.465 e. The van der Waals surface area contributed by atoms with E-state index in [0.717, 1.165) is 42.2 Å². The molecule has 3 rings (SSSR count). The molecule has 0 bridgehead atoms. The fourth-order valence-corrected chi connectivity index (χ4v) is 4.49. The molecule has 0 aromatic heterocycles. The van der Waals surface area contributed by atoms with E-state index >= 15 is 0 Å². The van der Waals surface area contributed by atoms with Gasteiger partial charge in [0.15, 0.2) is 0 Å². The van der Waals surface area contributed by atoms with Crippen LogP contribution in [0.2, 0.25) is 0 Å². The van der Waals surface area contributed by atoms with Gasteiger partial charge in [-0.05, 0) is 60.1 Å². The summed E-state index contributed by atoms with van der Waals surface area (Å²) in [6.07, 6.45) is 4.58. The van der Waals surface area contributed by atoms with Gasteiger partial charge in [-0.3, -0.25) is 0 Å². The summed E-state index contributed by atoms with van der Waals surface area (Å²) >= 11 is 0. The number of benzene rings is 2. The first-order valence-electron chi connectivity index (χ1n) is 10.9. The molecule has 0 radical (unpaired) electrons. The molecule has 7 heteroatoms. The van der Waals surface area contributed by atoms with E-state index in [1.165, 1.54) is 0 Å². The Morgan fingerprint density at radius 3 is 2.33 bits per heavy atom. The Labute approximate surface area is 193 Å². The van der Waals surface area contributed by atoms with Crippen molar-refractivity contribution in [2.24, 2.45) is 5.41 Å². The molecule has 2 aromatic rings. The van der Waals surface area contributed by atoms with Crippen molar-refractivity contribution in [1.82, 2.24) is 10.6 Å². The van der Waals surface area contributed by atoms with E-state index in [4.69, 9.17) is 6.42 Å². The highest BCUT2D eigenvalue weighted by molar-refractivity contribution is 5.66. The highest BCUT2D eigenvalue weighted by Crippen LogP contribution is 2.46. The summed E-state index contributed by atoms with van der Waals surface area (Å²) in [5.41, 5.74) is -0.571. The monoisotopic (exact) mass is 456 g/mol. The summed E-state index contributed by atoms with van der Waals surface area (Å²) in [7, 11) is 0. The third-order valence-corrected chi connectivity index (χ3v) is 6.61. The van der Waals surface area contributed by atoms with Crippen LogP contribution >= 0.6 is 0 Å². The molecule has 1 saturated carbocycles. The zero-order valence-electron chi connectivity index (χ0n) is 19.1. The first-order valence-corrected chi connectivity index (χ1v) is 10.9. The second-order valence-corrected chi connectivity index (χ2v) is 9.81. The highest BCUT2D eigenvalue weighted by Gasteiger charge is 2.51. The van der Waals surface area contributed by atoms with Crippen LogP contribution in [0.3, 0.4) is 0 Å². The number of aliphatic hydroxyl groups excluding tert-OH is 1. The normalized spacial score (nSPS) is 17.5. The summed E-state index contributed by atoms with van der Waals surface area (Å²) < 4.78 is 27.7. The van der Waals surface area contributed by atoms with Gasteiger partial charge in [-0.15, -0.1) is 6.42 Å². The Balaban J connectivity index is 1.91. The van der Waals surface area contributed by atoms with Crippen molar-refractivity contribution in [3.8, 4) is 12.3 Å². The van der Waals surface area contributed by atoms with Crippen molar-refractivity contribution in [1.29, 1.82) is 0 Å². The predicted molar refractivity (Wildman–Crippen MR) is 123 cm³/mol. The van der Waals surface area contributed by atoms with Gasteiger partial charge < -0.3 is 20.8 Å². The van der Waals surface area contributed by atoms with Gasteiger partial charge in [0.2, 0.25) is 0 Å². The molecule has 1 fully saturated rings. The molecule has 0 saturated heterocycles. The molecule has 2 atom stereocenters. The minimum absolute atomic E-state index is 0.0651. The van der Waals surface area contributed by atoms with E-state index < -0.39 is 34.8 Å². The fraction of sp³-hybridized carbons (Fsp3) is 0.423. The Bertz CT molecular complexity index is 1050. The molecule has 0 aliphatic heterocycles. The molecular weight excluding hydrogens is 426 g/mol. The molecule has 2 aromatic carbocycles. The zero-order chi connectivity index (χ0) is 24.4. The zero-order valence-corrected chi connectivity index (χ0v) is 19.1. The van der Waals surface area contributed by atoms with Crippen LogP contribution in [0.5, 0.6) is 0 Å². The van der Waals surface area contributed by atoms with Gasteiger partial charge in [0.1, 0.15) is 11.6 Å². The molecular formula is C26H30F2N2O3. The average Bonchev–Trinajstić information content (AvgIpc) is 3.51. The molecule has 0 heterocycles. The van der Waals surface area contributed by atoms with Crippen LogP contribution in [-0.4, -0.2) is 34.5 Å². The van der Waals surface area contributed by atoms with Crippen LogP contribution in [0.1, 0.15) is 50.3 Å². The third kappa shape index (κ3) is 5.35. The number of rotatable bonds is 8. The quantitative estimate of drug-likeness (QED) is 0.449. The van der Waals surface area contributed by atoms with E-state index in [0.29, 0.717) is 0 Å². The lowest BCUT2D eigenvalue weighted by atomic mass is 9.66. The lowest BCUT2D eigenvalue weighted by molar-refractivity contribution is -0.0106. The van der Waals surface area contributed by atoms with Crippen LogP contribution in [0.25, 0.3) is 0 Å². The molecule has 0 spiro atoms. The van der Waals surface area contributed by atoms with E-state index in [9.17, 15) is 23.8 Å². The summed E-state index contributed by atoms with van der Waals surface area (Å²) in [5, 5.41) is 26.9.